The van der Waals surface area contributed by atoms with Gasteiger partial charge in [0.2, 0.25) is 0 Å². The molecule has 0 saturated heterocycles. The first-order valence-electron chi connectivity index (χ1n) is 49.0. The summed E-state index contributed by atoms with van der Waals surface area (Å²) in [6.45, 7) is 44.6. The fraction of sp³-hybridized carbons (Fsp3) is 0.349. The van der Waals surface area contributed by atoms with E-state index >= 15 is 0 Å². The Bertz CT molecular complexity index is 6220. The average Bonchev–Trinajstić information content (AvgIpc) is 0.819. The van der Waals surface area contributed by atoms with Gasteiger partial charge in [0, 0.05) is 0 Å². The average molecular weight is 1690 g/mol. The van der Waals surface area contributed by atoms with Gasteiger partial charge in [-0.1, -0.05) is 386 Å². The second-order valence-electron chi connectivity index (χ2n) is 43.7. The monoisotopic (exact) mass is 1690 g/mol. The Hall–Kier alpha value is -10.9. The summed E-state index contributed by atoms with van der Waals surface area (Å²) in [4.78, 5) is 0. The number of rotatable bonds is 0. The van der Waals surface area contributed by atoms with Gasteiger partial charge in [0.25, 0.3) is 0 Å². The zero-order valence-electron chi connectivity index (χ0n) is 81.9. The number of hydrogen-bond acceptors (Lipinski definition) is 0. The van der Waals surface area contributed by atoms with Crippen molar-refractivity contribution in [3.63, 3.8) is 0 Å². The predicted molar refractivity (Wildman–Crippen MR) is 564 cm³/mol. The largest absolute Gasteiger partial charge is 0.0625 e. The summed E-state index contributed by atoms with van der Waals surface area (Å²) in [5, 5.41) is 16.0. The zero-order valence-corrected chi connectivity index (χ0v) is 81.9. The molecule has 0 radical (unpaired) electrons. The Morgan fingerprint density at radius 3 is 0.636 bits per heavy atom. The lowest BCUT2D eigenvalue weighted by Gasteiger charge is -2.68. The standard InChI is InChI=1S/2C16H16.2C16H14.C15H14.2C12H12.C10H18.C9H16.C7H12/c3*1-11-3-7-15-13(9-11)5-6-14-10-12(2)4-8-16(14)15;1-11-3-5-13-10-16-8-12(2)4-6-14(16)9-15(13)7-11;1-10-3-5-14-12(7-10)9-13-8-11(2)4-6-15(13)14;1-9-3-5-12-8-10(2)4-6-11(12)7-9;1-9-3-5-11-6-4-10(2)8-12(11)7-9;1-9-3-6-10(2,7-4-9)8-5-9;1-7-3-9(4-7)5-8(2)6-9;1-6-3-7(2,4-6)5-6/h2*3-4,7-10H,5-6H2,1-2H3;2*3-10H,1-2H3;3-8H,9H2,1-2H3;2*3-8H,1-2H3;3-8H2,1-2H3;7-8H,3-6H2,1-2H3;3-5H2,1-2H3. The molecule has 11 aliphatic rings. The van der Waals surface area contributed by atoms with Crippen molar-refractivity contribution in [3.8, 4) is 33.4 Å². The third kappa shape index (κ3) is 22.1. The Morgan fingerprint density at radius 2 is 0.380 bits per heavy atom. The van der Waals surface area contributed by atoms with E-state index in [1.54, 1.807) is 0 Å². The van der Waals surface area contributed by atoms with Crippen LogP contribution in [0.3, 0.4) is 0 Å². The molecular weight excluding hydrogens is 1550 g/mol. The molecule has 660 valence electrons. The zero-order chi connectivity index (χ0) is 90.8. The summed E-state index contributed by atoms with van der Waals surface area (Å²) < 4.78 is 0. The smallest absolute Gasteiger partial charge is 0.00133 e. The summed E-state index contributed by atoms with van der Waals surface area (Å²) >= 11 is 0. The highest BCUT2D eigenvalue weighted by molar-refractivity contribution is 6.08. The minimum absolute atomic E-state index is 0.762. The summed E-state index contributed by atoms with van der Waals surface area (Å²) in [7, 11) is 0. The van der Waals surface area contributed by atoms with Crippen LogP contribution >= 0.6 is 0 Å². The van der Waals surface area contributed by atoms with Crippen LogP contribution in [0.5, 0.6) is 0 Å². The maximum atomic E-state index is 2.48. The molecule has 16 aromatic carbocycles. The number of benzene rings is 16. The van der Waals surface area contributed by atoms with Gasteiger partial charge in [0.05, 0.1) is 0 Å². The summed E-state index contributed by atoms with van der Waals surface area (Å²) in [5.41, 5.74) is 40.5. The fourth-order valence-corrected chi connectivity index (χ4v) is 24.0. The summed E-state index contributed by atoms with van der Waals surface area (Å²) in [5.74, 6) is 2.11. The minimum Gasteiger partial charge on any atom is -0.0625 e. The van der Waals surface area contributed by atoms with Crippen LogP contribution in [0.25, 0.3) is 98.0 Å². The molecule has 8 fully saturated rings. The molecule has 0 amide bonds. The Labute approximate surface area is 775 Å². The van der Waals surface area contributed by atoms with Crippen molar-refractivity contribution in [2.75, 3.05) is 0 Å². The third-order valence-corrected chi connectivity index (χ3v) is 30.4. The van der Waals surface area contributed by atoms with E-state index < -0.39 is 0 Å². The molecule has 0 heterocycles. The lowest BCUT2D eigenvalue weighted by atomic mass is 9.37. The van der Waals surface area contributed by atoms with Crippen LogP contribution in [0.4, 0.5) is 0 Å². The van der Waals surface area contributed by atoms with Crippen molar-refractivity contribution in [3.05, 3.63) is 390 Å². The van der Waals surface area contributed by atoms with Crippen molar-refractivity contribution in [1.29, 1.82) is 0 Å². The summed E-state index contributed by atoms with van der Waals surface area (Å²) in [6.07, 6.45) is 25.6. The van der Waals surface area contributed by atoms with Crippen LogP contribution in [-0.4, -0.2) is 0 Å². The number of fused-ring (bicyclic) bond motifs is 19. The van der Waals surface area contributed by atoms with Crippen molar-refractivity contribution in [2.24, 2.45) is 38.9 Å². The first-order valence-corrected chi connectivity index (χ1v) is 49.0. The van der Waals surface area contributed by atoms with Crippen molar-refractivity contribution in [1.82, 2.24) is 0 Å². The molecular formula is C129H144. The van der Waals surface area contributed by atoms with Crippen molar-refractivity contribution < 1.29 is 0 Å². The molecule has 129 heavy (non-hydrogen) atoms. The van der Waals surface area contributed by atoms with E-state index in [-0.39, 0.29) is 0 Å². The van der Waals surface area contributed by atoms with Crippen LogP contribution in [0.15, 0.2) is 279 Å². The van der Waals surface area contributed by atoms with Crippen LogP contribution < -0.4 is 0 Å². The second kappa shape index (κ2) is 38.3. The van der Waals surface area contributed by atoms with E-state index in [0.29, 0.717) is 0 Å². The van der Waals surface area contributed by atoms with Gasteiger partial charge in [-0.3, -0.25) is 0 Å². The van der Waals surface area contributed by atoms with Gasteiger partial charge < -0.3 is 0 Å². The van der Waals surface area contributed by atoms with E-state index in [2.05, 4.69) is 418 Å². The van der Waals surface area contributed by atoms with Gasteiger partial charge in [0.1, 0.15) is 0 Å². The first-order chi connectivity index (χ1) is 61.6. The van der Waals surface area contributed by atoms with Gasteiger partial charge in [0.15, 0.2) is 0 Å². The number of hydrogen-bond donors (Lipinski definition) is 0. The van der Waals surface area contributed by atoms with Gasteiger partial charge in [-0.2, -0.15) is 0 Å². The van der Waals surface area contributed by atoms with Crippen LogP contribution in [0, 0.1) is 136 Å². The fourth-order valence-electron chi connectivity index (χ4n) is 24.0. The highest BCUT2D eigenvalue weighted by Crippen LogP contribution is 2.72. The topological polar surface area (TPSA) is 0 Å². The molecule has 0 unspecified atom stereocenters. The highest BCUT2D eigenvalue weighted by Gasteiger charge is 2.61. The molecule has 11 aliphatic carbocycles. The lowest BCUT2D eigenvalue weighted by molar-refractivity contribution is -0.176. The van der Waals surface area contributed by atoms with Gasteiger partial charge in [-0.25, -0.2) is 0 Å². The normalized spacial score (nSPS) is 21.1. The van der Waals surface area contributed by atoms with Crippen LogP contribution in [0.2, 0.25) is 0 Å². The molecule has 0 heteroatoms. The third-order valence-electron chi connectivity index (χ3n) is 30.4. The van der Waals surface area contributed by atoms with Gasteiger partial charge in [-0.15, -0.1) is 0 Å². The molecule has 4 bridgehead atoms. The maximum Gasteiger partial charge on any atom is -0.00133 e. The molecule has 1 spiro atoms. The molecule has 16 aromatic rings. The molecule has 8 saturated carbocycles. The Kier molecular flexibility index (Phi) is 27.1. The first kappa shape index (κ1) is 91.4. The summed E-state index contributed by atoms with van der Waals surface area (Å²) in [6, 6.07) is 103. The molecule has 0 aliphatic heterocycles. The van der Waals surface area contributed by atoms with E-state index in [9.17, 15) is 0 Å². The highest BCUT2D eigenvalue weighted by atomic mass is 14.7. The molecule has 0 aromatic heterocycles. The molecule has 27 rings (SSSR count). The van der Waals surface area contributed by atoms with E-state index in [4.69, 9.17) is 0 Å². The molecule has 0 atom stereocenters. The molecule has 0 N–H and O–H groups in total. The molecule has 0 nitrogen and oxygen atoms in total. The van der Waals surface area contributed by atoms with Crippen LogP contribution in [0.1, 0.15) is 236 Å². The quantitative estimate of drug-likeness (QED) is 0.105. The van der Waals surface area contributed by atoms with E-state index in [1.807, 2.05) is 0 Å². The Morgan fingerprint density at radius 1 is 0.186 bits per heavy atom. The van der Waals surface area contributed by atoms with Gasteiger partial charge in [-0.05, 0) is 395 Å². The predicted octanol–water partition coefficient (Wildman–Crippen LogP) is 36.5. The van der Waals surface area contributed by atoms with E-state index in [1.165, 1.54) is 318 Å². The SMILES string of the molecule is CC12CC(C)(C1)C2.CC12CCC(C)(CC1)CC2.CC1CC2(C1)CC(C)C2.Cc1ccc2c(c1)CCc1cc(C)ccc1-2.Cc1ccc2c(c1)CCc1cc(C)ccc1-2.Cc1ccc2c(c1)Cc1cc(C)ccc1-2.Cc1ccc2c(ccc3cc(C)ccc32)c1.Cc1ccc2cc(C)ccc2c1.Cc1ccc2cc3cc(C)ccc3cc2c1.Cc1ccc2ccc(C)cc2c1. The second-order valence-corrected chi connectivity index (χ2v) is 43.7. The maximum absolute atomic E-state index is 2.48. The van der Waals surface area contributed by atoms with Gasteiger partial charge >= 0.3 is 0 Å². The van der Waals surface area contributed by atoms with Crippen molar-refractivity contribution >= 4 is 64.6 Å². The minimum atomic E-state index is 0.762. The Balaban J connectivity index is 0.000000106. The van der Waals surface area contributed by atoms with Crippen LogP contribution in [-0.2, 0) is 32.1 Å². The van der Waals surface area contributed by atoms with E-state index in [0.717, 1.165) is 45.3 Å². The number of aryl methyl sites for hydroxylation is 18. The lowest BCUT2D eigenvalue weighted by Crippen LogP contribution is -2.57. The van der Waals surface area contributed by atoms with Crippen molar-refractivity contribution in [2.45, 2.75) is 254 Å².